The summed E-state index contributed by atoms with van der Waals surface area (Å²) in [5.41, 5.74) is -7.22. The molecule has 0 amide bonds. The van der Waals surface area contributed by atoms with Crippen molar-refractivity contribution in [2.45, 2.75) is 75.1 Å². The van der Waals surface area contributed by atoms with Crippen molar-refractivity contribution in [1.29, 1.82) is 0 Å². The van der Waals surface area contributed by atoms with Crippen LogP contribution in [0.3, 0.4) is 0 Å². The van der Waals surface area contributed by atoms with Gasteiger partial charge in [-0.05, 0) is 0 Å². The molecular formula is C24H31F6MoNO6S2. The number of nitrogens with zero attached hydrogens (tertiary/aromatic N) is 1. The van der Waals surface area contributed by atoms with Crippen LogP contribution >= 0.6 is 0 Å². The van der Waals surface area contributed by atoms with Crippen LogP contribution in [0.2, 0.25) is 3.80 Å². The van der Waals surface area contributed by atoms with Crippen LogP contribution in [-0.2, 0) is 37.4 Å². The maximum atomic E-state index is 10.7. The van der Waals surface area contributed by atoms with E-state index < -0.39 is 48.4 Å². The van der Waals surface area contributed by atoms with E-state index in [0.29, 0.717) is 11.8 Å². The first-order valence-electron chi connectivity index (χ1n) is 11.4. The molecule has 0 aliphatic carbocycles. The van der Waals surface area contributed by atoms with Crippen LogP contribution in [-0.4, -0.2) is 37.0 Å². The summed E-state index contributed by atoms with van der Waals surface area (Å²) >= 11 is -1.89. The van der Waals surface area contributed by atoms with Crippen molar-refractivity contribution >= 4 is 29.9 Å². The first-order chi connectivity index (χ1) is 17.7. The second kappa shape index (κ2) is 14.5. The Morgan fingerprint density at radius 1 is 0.675 bits per heavy atom. The van der Waals surface area contributed by atoms with Crippen molar-refractivity contribution in [2.24, 2.45) is 3.50 Å². The molecule has 228 valence electrons. The third kappa shape index (κ3) is 12.5. The standard InChI is InChI=1S/C12H17N.C6H5.C4H9.2CHF3O3S.Mo/c1-8(2)10-6-5-7-11(9(3)4)12(10)13;1-2-4-6-5-3-1;1-4(2)3;2*2-1(3,4)8(5,6)7;/h5-9H,1-4H3;1-5H;1-3H3;2*(H,5,6,7);/q;;;;;+2/p-2. The summed E-state index contributed by atoms with van der Waals surface area (Å²) in [5.74, 6) is 0.997. The Bertz CT molecular complexity index is 1280. The monoisotopic (exact) mass is 705 g/mol. The van der Waals surface area contributed by atoms with Crippen molar-refractivity contribution < 1.29 is 69.4 Å². The average molecular weight is 704 g/mol. The fourth-order valence-electron chi connectivity index (χ4n) is 2.80. The van der Waals surface area contributed by atoms with Gasteiger partial charge in [-0.25, -0.2) is 16.8 Å². The summed E-state index contributed by atoms with van der Waals surface area (Å²) in [6, 6.07) is 17.7. The molecule has 0 aromatic heterocycles. The van der Waals surface area contributed by atoms with Gasteiger partial charge in [-0.15, -0.1) is 0 Å². The molecule has 0 spiro atoms. The molecule has 0 saturated carbocycles. The summed E-state index contributed by atoms with van der Waals surface area (Å²) in [7, 11) is -12.2. The van der Waals surface area contributed by atoms with Crippen LogP contribution < -0.4 is 3.95 Å². The van der Waals surface area contributed by atoms with Crippen LogP contribution in [0.15, 0.2) is 52.0 Å². The first kappa shape index (κ1) is 38.3. The van der Waals surface area contributed by atoms with Crippen LogP contribution in [0.5, 0.6) is 0 Å². The van der Waals surface area contributed by atoms with Gasteiger partial charge in [0, 0.05) is 0 Å². The number of halogens is 6. The summed E-state index contributed by atoms with van der Waals surface area (Å²) in [5, 5.41) is 0. The van der Waals surface area contributed by atoms with Crippen LogP contribution in [0.4, 0.5) is 32.0 Å². The molecule has 0 radical (unpaired) electrons. The van der Waals surface area contributed by atoms with Crippen LogP contribution in [0, 0.1) is 0 Å². The minimum absolute atomic E-state index is 0.239. The molecule has 0 saturated heterocycles. The number of hydrogen-bond donors (Lipinski definition) is 0. The summed E-state index contributed by atoms with van der Waals surface area (Å²) in [6.07, 6.45) is 0. The van der Waals surface area contributed by atoms with Crippen molar-refractivity contribution in [3.63, 3.8) is 0 Å². The van der Waals surface area contributed by atoms with Crippen LogP contribution in [0.1, 0.15) is 71.4 Å². The first-order valence-corrected chi connectivity index (χ1v) is 17.1. The zero-order chi connectivity index (χ0) is 31.9. The molecule has 0 unspecified atom stereocenters. The van der Waals surface area contributed by atoms with Gasteiger partial charge >= 0.3 is 165 Å². The van der Waals surface area contributed by atoms with Crippen molar-refractivity contribution in [3.05, 3.63) is 59.7 Å². The second-order valence-electron chi connectivity index (χ2n) is 9.70. The fourth-order valence-corrected chi connectivity index (χ4v) is 7.46. The smallest absolute Gasteiger partial charge is 0.485 e. The number of hydrogen-bond acceptors (Lipinski definition) is 7. The Balaban J connectivity index is 0.000000780. The van der Waals surface area contributed by atoms with E-state index in [0.717, 1.165) is 0 Å². The number of alkyl halides is 6. The Morgan fingerprint density at radius 3 is 1.25 bits per heavy atom. The Labute approximate surface area is 236 Å². The quantitative estimate of drug-likeness (QED) is 0.146. The molecule has 0 atom stereocenters. The van der Waals surface area contributed by atoms with Crippen LogP contribution in [0.25, 0.3) is 0 Å². The average Bonchev–Trinajstić information content (AvgIpc) is 2.75. The molecule has 0 heterocycles. The summed E-state index contributed by atoms with van der Waals surface area (Å²) < 4.78 is 125. The molecule has 16 heteroatoms. The van der Waals surface area contributed by atoms with Gasteiger partial charge in [0.1, 0.15) is 0 Å². The van der Waals surface area contributed by atoms with E-state index in [1.807, 2.05) is 0 Å². The SMILES string of the molecule is CC(C)c1cccc(C(C)C)c1[N]=[Mo+2]([c]1ccccc1)[C](C)(C)C.O=S(=O)([O-])C(F)(F)F.O=S(=O)([O-])C(F)(F)F. The van der Waals surface area contributed by atoms with Gasteiger partial charge in [-0.3, -0.25) is 0 Å². The maximum absolute atomic E-state index is 10.7. The summed E-state index contributed by atoms with van der Waals surface area (Å²) in [4.78, 5) is 0. The molecule has 2 aromatic rings. The van der Waals surface area contributed by atoms with Gasteiger partial charge in [0.15, 0.2) is 20.2 Å². The predicted molar refractivity (Wildman–Crippen MR) is 134 cm³/mol. The molecule has 0 fully saturated rings. The van der Waals surface area contributed by atoms with Gasteiger partial charge in [0.2, 0.25) is 0 Å². The molecule has 40 heavy (non-hydrogen) atoms. The van der Waals surface area contributed by atoms with Crippen molar-refractivity contribution in [3.8, 4) is 0 Å². The number of rotatable bonds is 4. The van der Waals surface area contributed by atoms with E-state index in [2.05, 4.69) is 97.0 Å². The largest absolute Gasteiger partial charge is 0.741 e. The summed E-state index contributed by atoms with van der Waals surface area (Å²) in [6.45, 7) is 16.2. The van der Waals surface area contributed by atoms with Gasteiger partial charge in [-0.1, -0.05) is 0 Å². The Morgan fingerprint density at radius 2 is 1.00 bits per heavy atom. The van der Waals surface area contributed by atoms with Gasteiger partial charge in [0.05, 0.1) is 0 Å². The van der Waals surface area contributed by atoms with E-state index in [1.54, 1.807) is 0 Å². The predicted octanol–water partition coefficient (Wildman–Crippen LogP) is 7.01. The van der Waals surface area contributed by atoms with Gasteiger partial charge < -0.3 is 9.11 Å². The molecule has 0 N–H and O–H groups in total. The van der Waals surface area contributed by atoms with Crippen molar-refractivity contribution in [2.75, 3.05) is 0 Å². The van der Waals surface area contributed by atoms with Crippen molar-refractivity contribution in [1.82, 2.24) is 0 Å². The molecule has 0 aliphatic rings. The normalized spacial score (nSPS) is 13.4. The minimum Gasteiger partial charge on any atom is -0.741 e. The molecule has 0 bridgehead atoms. The Kier molecular flexibility index (Phi) is 13.9. The van der Waals surface area contributed by atoms with E-state index in [1.165, 1.54) is 20.8 Å². The molecule has 7 nitrogen and oxygen atoms in total. The third-order valence-electron chi connectivity index (χ3n) is 4.64. The zero-order valence-corrected chi connectivity index (χ0v) is 26.3. The van der Waals surface area contributed by atoms with E-state index in [-0.39, 0.29) is 3.80 Å². The maximum Gasteiger partial charge on any atom is 0.485 e. The fraction of sp³-hybridized carbons (Fsp3) is 0.500. The zero-order valence-electron chi connectivity index (χ0n) is 22.7. The third-order valence-corrected chi connectivity index (χ3v) is 11.3. The Hall–Kier alpha value is -1.67. The van der Waals surface area contributed by atoms with Gasteiger partial charge in [-0.2, -0.15) is 26.3 Å². The topological polar surface area (TPSA) is 127 Å². The second-order valence-corrected chi connectivity index (χ2v) is 18.5. The van der Waals surface area contributed by atoms with Gasteiger partial charge in [0.25, 0.3) is 0 Å². The molecular weight excluding hydrogens is 672 g/mol. The van der Waals surface area contributed by atoms with E-state index in [9.17, 15) is 26.3 Å². The van der Waals surface area contributed by atoms with E-state index >= 15 is 0 Å². The number of benzene rings is 2. The molecule has 2 rings (SSSR count). The molecule has 2 aromatic carbocycles. The van der Waals surface area contributed by atoms with E-state index in [4.69, 9.17) is 29.4 Å². The minimum atomic E-state index is -6.09. The molecule has 0 aliphatic heterocycles.